The van der Waals surface area contributed by atoms with Crippen molar-refractivity contribution in [1.29, 1.82) is 0 Å². The minimum absolute atomic E-state index is 0.321. The summed E-state index contributed by atoms with van der Waals surface area (Å²) in [5.41, 5.74) is 0. The van der Waals surface area contributed by atoms with E-state index in [9.17, 15) is 4.79 Å². The van der Waals surface area contributed by atoms with E-state index >= 15 is 0 Å². The summed E-state index contributed by atoms with van der Waals surface area (Å²) in [6.07, 6.45) is 9.63. The van der Waals surface area contributed by atoms with Crippen molar-refractivity contribution in [2.45, 2.75) is 32.2 Å². The minimum Gasteiger partial charge on any atom is -0.381 e. The molecule has 1 aromatic heterocycles. The fourth-order valence-electron chi connectivity index (χ4n) is 3.18. The van der Waals surface area contributed by atoms with Crippen molar-refractivity contribution in [3.63, 3.8) is 0 Å². The number of piperidine rings is 1. The number of carbonyl (C=O) groups is 1. The van der Waals surface area contributed by atoms with Crippen LogP contribution in [0.25, 0.3) is 0 Å². The Morgan fingerprint density at radius 2 is 2.10 bits per heavy atom. The first kappa shape index (κ1) is 13.6. The third kappa shape index (κ3) is 3.39. The summed E-state index contributed by atoms with van der Waals surface area (Å²) in [5.74, 6) is 1.44. The van der Waals surface area contributed by atoms with Crippen molar-refractivity contribution in [2.75, 3.05) is 26.3 Å². The van der Waals surface area contributed by atoms with Crippen LogP contribution in [-0.2, 0) is 16.1 Å². The molecule has 0 radical (unpaired) electrons. The van der Waals surface area contributed by atoms with E-state index in [1.54, 1.807) is 0 Å². The van der Waals surface area contributed by atoms with E-state index < -0.39 is 0 Å². The molecule has 2 saturated heterocycles. The molecule has 0 saturated carbocycles. The average Bonchev–Trinajstić information content (AvgIpc) is 3.13. The zero-order chi connectivity index (χ0) is 13.8. The highest BCUT2D eigenvalue weighted by molar-refractivity contribution is 5.76. The molecule has 3 heterocycles. The van der Waals surface area contributed by atoms with Gasteiger partial charge in [0.1, 0.15) is 0 Å². The third-order valence-electron chi connectivity index (χ3n) is 4.48. The molecule has 5 heteroatoms. The van der Waals surface area contributed by atoms with Crippen molar-refractivity contribution < 1.29 is 9.53 Å². The number of amides is 1. The van der Waals surface area contributed by atoms with Crippen LogP contribution in [0.5, 0.6) is 0 Å². The topological polar surface area (TPSA) is 47.4 Å². The highest BCUT2D eigenvalue weighted by Crippen LogP contribution is 2.22. The smallest absolute Gasteiger partial charge is 0.222 e. The molecule has 0 aliphatic carbocycles. The first-order chi connectivity index (χ1) is 9.81. The Kier molecular flexibility index (Phi) is 4.35. The second-order valence-electron chi connectivity index (χ2n) is 6.02. The van der Waals surface area contributed by atoms with Gasteiger partial charge in [-0.15, -0.1) is 0 Å². The van der Waals surface area contributed by atoms with E-state index in [1.807, 2.05) is 23.6 Å². The van der Waals surface area contributed by atoms with Gasteiger partial charge in [0.2, 0.25) is 5.91 Å². The highest BCUT2D eigenvalue weighted by atomic mass is 16.5. The Balaban J connectivity index is 1.42. The Morgan fingerprint density at radius 3 is 2.75 bits per heavy atom. The van der Waals surface area contributed by atoms with Crippen LogP contribution in [0.3, 0.4) is 0 Å². The van der Waals surface area contributed by atoms with Gasteiger partial charge in [-0.3, -0.25) is 4.79 Å². The van der Waals surface area contributed by atoms with Gasteiger partial charge in [-0.1, -0.05) is 0 Å². The summed E-state index contributed by atoms with van der Waals surface area (Å²) in [6, 6.07) is 0. The molecule has 0 aromatic carbocycles. The molecule has 1 unspecified atom stereocenters. The zero-order valence-electron chi connectivity index (χ0n) is 11.9. The number of carbonyl (C=O) groups excluding carboxylic acids is 1. The number of ether oxygens (including phenoxy) is 1. The van der Waals surface area contributed by atoms with E-state index in [4.69, 9.17) is 4.74 Å². The molecular formula is C15H23N3O2. The largest absolute Gasteiger partial charge is 0.381 e. The SMILES string of the molecule is O=C(CC1CCOC1)N1CCC(Cn2ccnc2)CC1. The maximum atomic E-state index is 12.2. The van der Waals surface area contributed by atoms with Gasteiger partial charge in [0, 0.05) is 51.7 Å². The Hall–Kier alpha value is -1.36. The van der Waals surface area contributed by atoms with Gasteiger partial charge in [0.05, 0.1) is 6.33 Å². The van der Waals surface area contributed by atoms with Crippen molar-refractivity contribution in [1.82, 2.24) is 14.5 Å². The second-order valence-corrected chi connectivity index (χ2v) is 6.02. The lowest BCUT2D eigenvalue weighted by molar-refractivity contribution is -0.133. The standard InChI is InChI=1S/C15H23N3O2/c19-15(9-14-3-8-20-11-14)18-5-1-13(2-6-18)10-17-7-4-16-12-17/h4,7,12-14H,1-3,5-6,8-11H2. The lowest BCUT2D eigenvalue weighted by atomic mass is 9.95. The molecule has 0 N–H and O–H groups in total. The van der Waals surface area contributed by atoms with Crippen LogP contribution in [-0.4, -0.2) is 46.7 Å². The number of likely N-dealkylation sites (tertiary alicyclic amines) is 1. The van der Waals surface area contributed by atoms with Gasteiger partial charge < -0.3 is 14.2 Å². The van der Waals surface area contributed by atoms with Crippen LogP contribution in [0.4, 0.5) is 0 Å². The predicted octanol–water partition coefficient (Wildman–Crippen LogP) is 1.55. The van der Waals surface area contributed by atoms with Crippen molar-refractivity contribution in [3.8, 4) is 0 Å². The van der Waals surface area contributed by atoms with Gasteiger partial charge in [-0.2, -0.15) is 0 Å². The van der Waals surface area contributed by atoms with Crippen LogP contribution < -0.4 is 0 Å². The van der Waals surface area contributed by atoms with E-state index in [1.165, 1.54) is 0 Å². The molecule has 1 aromatic rings. The van der Waals surface area contributed by atoms with Gasteiger partial charge in [-0.05, 0) is 31.1 Å². The van der Waals surface area contributed by atoms with E-state index in [2.05, 4.69) is 9.55 Å². The Morgan fingerprint density at radius 1 is 1.25 bits per heavy atom. The molecule has 2 aliphatic heterocycles. The number of rotatable bonds is 4. The fourth-order valence-corrected chi connectivity index (χ4v) is 3.18. The quantitative estimate of drug-likeness (QED) is 0.839. The molecule has 5 nitrogen and oxygen atoms in total. The van der Waals surface area contributed by atoms with Gasteiger partial charge in [-0.25, -0.2) is 4.98 Å². The molecule has 20 heavy (non-hydrogen) atoms. The van der Waals surface area contributed by atoms with Crippen LogP contribution in [0.1, 0.15) is 25.7 Å². The number of imidazole rings is 1. The number of hydrogen-bond donors (Lipinski definition) is 0. The van der Waals surface area contributed by atoms with Crippen LogP contribution in [0, 0.1) is 11.8 Å². The molecule has 1 amide bonds. The summed E-state index contributed by atoms with van der Waals surface area (Å²) in [5, 5.41) is 0. The minimum atomic E-state index is 0.321. The maximum absolute atomic E-state index is 12.2. The Labute approximate surface area is 119 Å². The normalized spacial score (nSPS) is 24.2. The van der Waals surface area contributed by atoms with Gasteiger partial charge in [0.25, 0.3) is 0 Å². The molecule has 2 fully saturated rings. The summed E-state index contributed by atoms with van der Waals surface area (Å²) >= 11 is 0. The molecule has 110 valence electrons. The summed E-state index contributed by atoms with van der Waals surface area (Å²) in [6.45, 7) is 4.43. The summed E-state index contributed by atoms with van der Waals surface area (Å²) in [7, 11) is 0. The zero-order valence-corrected chi connectivity index (χ0v) is 11.9. The number of nitrogens with zero attached hydrogens (tertiary/aromatic N) is 3. The van der Waals surface area contributed by atoms with E-state index in [-0.39, 0.29) is 0 Å². The van der Waals surface area contributed by atoms with Crippen molar-refractivity contribution in [3.05, 3.63) is 18.7 Å². The maximum Gasteiger partial charge on any atom is 0.222 e. The first-order valence-corrected chi connectivity index (χ1v) is 7.62. The fraction of sp³-hybridized carbons (Fsp3) is 0.733. The van der Waals surface area contributed by atoms with E-state index in [0.29, 0.717) is 24.2 Å². The summed E-state index contributed by atoms with van der Waals surface area (Å²) in [4.78, 5) is 18.4. The van der Waals surface area contributed by atoms with Crippen LogP contribution in [0.2, 0.25) is 0 Å². The van der Waals surface area contributed by atoms with Gasteiger partial charge in [0.15, 0.2) is 0 Å². The van der Waals surface area contributed by atoms with Gasteiger partial charge >= 0.3 is 0 Å². The lowest BCUT2D eigenvalue weighted by Gasteiger charge is -2.32. The van der Waals surface area contributed by atoms with Crippen LogP contribution >= 0.6 is 0 Å². The third-order valence-corrected chi connectivity index (χ3v) is 4.48. The Bertz CT molecular complexity index is 418. The molecule has 2 aliphatic rings. The summed E-state index contributed by atoms with van der Waals surface area (Å²) < 4.78 is 7.48. The highest BCUT2D eigenvalue weighted by Gasteiger charge is 2.26. The second kappa shape index (κ2) is 6.39. The predicted molar refractivity (Wildman–Crippen MR) is 75.1 cm³/mol. The number of hydrogen-bond acceptors (Lipinski definition) is 3. The molecular weight excluding hydrogens is 254 g/mol. The molecule has 0 spiro atoms. The van der Waals surface area contributed by atoms with Crippen molar-refractivity contribution >= 4 is 5.91 Å². The van der Waals surface area contributed by atoms with Crippen molar-refractivity contribution in [2.24, 2.45) is 11.8 Å². The van der Waals surface area contributed by atoms with E-state index in [0.717, 1.165) is 52.1 Å². The molecule has 1 atom stereocenters. The lowest BCUT2D eigenvalue weighted by Crippen LogP contribution is -2.40. The monoisotopic (exact) mass is 277 g/mol. The molecule has 0 bridgehead atoms. The first-order valence-electron chi connectivity index (χ1n) is 7.62. The van der Waals surface area contributed by atoms with Crippen LogP contribution in [0.15, 0.2) is 18.7 Å². The number of aromatic nitrogens is 2. The average molecular weight is 277 g/mol. The molecule has 3 rings (SSSR count).